The van der Waals surface area contributed by atoms with Crippen molar-refractivity contribution in [3.05, 3.63) is 64.7 Å². The third kappa shape index (κ3) is 4.85. The zero-order valence-corrected chi connectivity index (χ0v) is 15.2. The first-order chi connectivity index (χ1) is 11.5. The minimum atomic E-state index is 0.0612. The smallest absolute Gasteiger partial charge is 0.224 e. The quantitative estimate of drug-likeness (QED) is 0.834. The zero-order valence-electron chi connectivity index (χ0n) is 15.2. The van der Waals surface area contributed by atoms with Gasteiger partial charge in [-0.05, 0) is 62.1 Å². The van der Waals surface area contributed by atoms with Gasteiger partial charge in [0, 0.05) is 25.3 Å². The second-order valence-electron chi connectivity index (χ2n) is 6.21. The van der Waals surface area contributed by atoms with E-state index < -0.39 is 0 Å². The zero-order chi connectivity index (χ0) is 17.5. The van der Waals surface area contributed by atoms with Crippen LogP contribution in [0.5, 0.6) is 0 Å². The van der Waals surface area contributed by atoms with Crippen LogP contribution in [0.15, 0.2) is 42.5 Å². The number of anilines is 1. The SMILES string of the molecule is CCN(CC)c1ccc(CNC(=O)Cc2ccc(C)c(C)c2)cc1. The van der Waals surface area contributed by atoms with Gasteiger partial charge in [-0.2, -0.15) is 0 Å². The molecular formula is C21H28N2O. The number of hydrogen-bond acceptors (Lipinski definition) is 2. The van der Waals surface area contributed by atoms with Gasteiger partial charge in [-0.15, -0.1) is 0 Å². The maximum Gasteiger partial charge on any atom is 0.224 e. The van der Waals surface area contributed by atoms with E-state index in [2.05, 4.69) is 74.3 Å². The molecule has 0 atom stereocenters. The molecule has 0 saturated heterocycles. The summed E-state index contributed by atoms with van der Waals surface area (Å²) in [6.07, 6.45) is 0.429. The van der Waals surface area contributed by atoms with Crippen molar-refractivity contribution in [1.82, 2.24) is 5.32 Å². The summed E-state index contributed by atoms with van der Waals surface area (Å²) in [5, 5.41) is 3.01. The third-order valence-electron chi connectivity index (χ3n) is 4.49. The molecule has 0 aliphatic heterocycles. The summed E-state index contributed by atoms with van der Waals surface area (Å²) in [6, 6.07) is 14.6. The van der Waals surface area contributed by atoms with Crippen LogP contribution in [0.3, 0.4) is 0 Å². The van der Waals surface area contributed by atoms with Crippen LogP contribution in [0, 0.1) is 13.8 Å². The molecular weight excluding hydrogens is 296 g/mol. The second kappa shape index (κ2) is 8.53. The fourth-order valence-corrected chi connectivity index (χ4v) is 2.78. The Balaban J connectivity index is 1.88. The molecule has 0 unspecified atom stereocenters. The summed E-state index contributed by atoms with van der Waals surface area (Å²) >= 11 is 0. The predicted molar refractivity (Wildman–Crippen MR) is 101 cm³/mol. The van der Waals surface area contributed by atoms with Gasteiger partial charge in [0.2, 0.25) is 5.91 Å². The summed E-state index contributed by atoms with van der Waals surface area (Å²) in [6.45, 7) is 11.1. The van der Waals surface area contributed by atoms with Crippen LogP contribution in [0.4, 0.5) is 5.69 Å². The van der Waals surface area contributed by atoms with Crippen LogP contribution < -0.4 is 10.2 Å². The Morgan fingerprint density at radius 2 is 1.54 bits per heavy atom. The van der Waals surface area contributed by atoms with Crippen molar-refractivity contribution < 1.29 is 4.79 Å². The molecule has 0 aliphatic rings. The van der Waals surface area contributed by atoms with Crippen LogP contribution in [0.2, 0.25) is 0 Å². The van der Waals surface area contributed by atoms with Crippen LogP contribution in [0.25, 0.3) is 0 Å². The second-order valence-corrected chi connectivity index (χ2v) is 6.21. The highest BCUT2D eigenvalue weighted by Crippen LogP contribution is 2.15. The molecule has 0 spiro atoms. The largest absolute Gasteiger partial charge is 0.372 e. The summed E-state index contributed by atoms with van der Waals surface area (Å²) < 4.78 is 0. The van der Waals surface area contributed by atoms with E-state index in [9.17, 15) is 4.79 Å². The first-order valence-corrected chi connectivity index (χ1v) is 8.70. The lowest BCUT2D eigenvalue weighted by Gasteiger charge is -2.21. The van der Waals surface area contributed by atoms with E-state index in [-0.39, 0.29) is 5.91 Å². The van der Waals surface area contributed by atoms with E-state index in [0.29, 0.717) is 13.0 Å². The van der Waals surface area contributed by atoms with Crippen LogP contribution in [0.1, 0.15) is 36.1 Å². The standard InChI is InChI=1S/C21H28N2O/c1-5-23(6-2)20-11-9-18(10-12-20)15-22-21(24)14-19-8-7-16(3)17(4)13-19/h7-13H,5-6,14-15H2,1-4H3,(H,22,24). The maximum absolute atomic E-state index is 12.1. The number of nitrogens with one attached hydrogen (secondary N) is 1. The number of benzene rings is 2. The minimum Gasteiger partial charge on any atom is -0.372 e. The summed E-state index contributed by atoms with van der Waals surface area (Å²) in [7, 11) is 0. The summed E-state index contributed by atoms with van der Waals surface area (Å²) in [4.78, 5) is 14.4. The molecule has 0 bridgehead atoms. The van der Waals surface area contributed by atoms with Crippen molar-refractivity contribution in [2.24, 2.45) is 0 Å². The molecule has 0 fully saturated rings. The Morgan fingerprint density at radius 1 is 0.917 bits per heavy atom. The molecule has 24 heavy (non-hydrogen) atoms. The molecule has 3 heteroatoms. The number of amides is 1. The van der Waals surface area contributed by atoms with Crippen molar-refractivity contribution in [3.63, 3.8) is 0 Å². The number of hydrogen-bond donors (Lipinski definition) is 1. The van der Waals surface area contributed by atoms with Crippen molar-refractivity contribution >= 4 is 11.6 Å². The van der Waals surface area contributed by atoms with E-state index in [1.807, 2.05) is 6.07 Å². The van der Waals surface area contributed by atoms with Gasteiger partial charge in [0.05, 0.1) is 6.42 Å². The van der Waals surface area contributed by atoms with Gasteiger partial charge in [0.15, 0.2) is 0 Å². The number of nitrogens with zero attached hydrogens (tertiary/aromatic N) is 1. The molecule has 2 rings (SSSR count). The van der Waals surface area contributed by atoms with Gasteiger partial charge in [-0.1, -0.05) is 30.3 Å². The van der Waals surface area contributed by atoms with E-state index >= 15 is 0 Å². The molecule has 1 amide bonds. The molecule has 0 saturated carbocycles. The fraction of sp³-hybridized carbons (Fsp3) is 0.381. The topological polar surface area (TPSA) is 32.3 Å². The molecule has 1 N–H and O–H groups in total. The minimum absolute atomic E-state index is 0.0612. The molecule has 128 valence electrons. The van der Waals surface area contributed by atoms with Crippen LogP contribution in [-0.2, 0) is 17.8 Å². The van der Waals surface area contributed by atoms with Gasteiger partial charge in [-0.3, -0.25) is 4.79 Å². The Bertz CT molecular complexity index is 673. The average molecular weight is 324 g/mol. The normalized spacial score (nSPS) is 10.5. The first kappa shape index (κ1) is 18.1. The Hall–Kier alpha value is -2.29. The molecule has 0 heterocycles. The average Bonchev–Trinajstić information content (AvgIpc) is 2.58. The van der Waals surface area contributed by atoms with E-state index in [1.54, 1.807) is 0 Å². The summed E-state index contributed by atoms with van der Waals surface area (Å²) in [5.74, 6) is 0.0612. The molecule has 0 aromatic heterocycles. The molecule has 0 radical (unpaired) electrons. The predicted octanol–water partition coefficient (Wildman–Crippen LogP) is 4.01. The molecule has 0 aliphatic carbocycles. The Morgan fingerprint density at radius 3 is 2.12 bits per heavy atom. The van der Waals surface area contributed by atoms with E-state index in [1.165, 1.54) is 16.8 Å². The maximum atomic E-state index is 12.1. The van der Waals surface area contributed by atoms with Crippen molar-refractivity contribution in [3.8, 4) is 0 Å². The number of aryl methyl sites for hydroxylation is 2. The van der Waals surface area contributed by atoms with E-state index in [4.69, 9.17) is 0 Å². The lowest BCUT2D eigenvalue weighted by atomic mass is 10.0. The summed E-state index contributed by atoms with van der Waals surface area (Å²) in [5.41, 5.74) is 5.90. The lowest BCUT2D eigenvalue weighted by Crippen LogP contribution is -2.25. The highest BCUT2D eigenvalue weighted by molar-refractivity contribution is 5.78. The van der Waals surface area contributed by atoms with Crippen LogP contribution >= 0.6 is 0 Å². The van der Waals surface area contributed by atoms with Gasteiger partial charge in [-0.25, -0.2) is 0 Å². The molecule has 2 aromatic rings. The number of rotatable bonds is 7. The molecule has 3 nitrogen and oxygen atoms in total. The van der Waals surface area contributed by atoms with Crippen LogP contribution in [-0.4, -0.2) is 19.0 Å². The number of carbonyl (C=O) groups is 1. The Kier molecular flexibility index (Phi) is 6.42. The highest BCUT2D eigenvalue weighted by atomic mass is 16.1. The monoisotopic (exact) mass is 324 g/mol. The fourth-order valence-electron chi connectivity index (χ4n) is 2.78. The van der Waals surface area contributed by atoms with Gasteiger partial charge < -0.3 is 10.2 Å². The van der Waals surface area contributed by atoms with Crippen molar-refractivity contribution in [2.75, 3.05) is 18.0 Å². The van der Waals surface area contributed by atoms with Gasteiger partial charge in [0.25, 0.3) is 0 Å². The molecule has 2 aromatic carbocycles. The Labute approximate surface area is 145 Å². The van der Waals surface area contributed by atoms with E-state index in [0.717, 1.165) is 24.2 Å². The van der Waals surface area contributed by atoms with Crippen molar-refractivity contribution in [2.45, 2.75) is 40.7 Å². The number of carbonyl (C=O) groups excluding carboxylic acids is 1. The third-order valence-corrected chi connectivity index (χ3v) is 4.49. The highest BCUT2D eigenvalue weighted by Gasteiger charge is 2.05. The first-order valence-electron chi connectivity index (χ1n) is 8.70. The van der Waals surface area contributed by atoms with Crippen molar-refractivity contribution in [1.29, 1.82) is 0 Å². The van der Waals surface area contributed by atoms with Gasteiger partial charge >= 0.3 is 0 Å². The van der Waals surface area contributed by atoms with Gasteiger partial charge in [0.1, 0.15) is 0 Å². The lowest BCUT2D eigenvalue weighted by molar-refractivity contribution is -0.120.